The van der Waals surface area contributed by atoms with Gasteiger partial charge in [0.1, 0.15) is 6.54 Å². The highest BCUT2D eigenvalue weighted by atomic mass is 32.2. The lowest BCUT2D eigenvalue weighted by molar-refractivity contribution is -0.127. The molecule has 1 aromatic rings. The van der Waals surface area contributed by atoms with Gasteiger partial charge >= 0.3 is 0 Å². The van der Waals surface area contributed by atoms with Crippen LogP contribution in [-0.2, 0) is 4.79 Å². The van der Waals surface area contributed by atoms with E-state index >= 15 is 0 Å². The Hall–Kier alpha value is -1.69. The zero-order chi connectivity index (χ0) is 18.8. The molecule has 0 spiro atoms. The molecule has 0 aliphatic carbocycles. The fraction of sp³-hybridized carbons (Fsp3) is 0.600. The molecule has 6 heteroatoms. The molecule has 1 aromatic carbocycles. The van der Waals surface area contributed by atoms with Gasteiger partial charge in [-0.15, -0.1) is 11.8 Å². The summed E-state index contributed by atoms with van der Waals surface area (Å²) in [5.41, 5.74) is 0. The molecule has 0 radical (unpaired) electrons. The highest BCUT2D eigenvalue weighted by Crippen LogP contribution is 2.25. The van der Waals surface area contributed by atoms with E-state index in [2.05, 4.69) is 52.5 Å². The van der Waals surface area contributed by atoms with Crippen molar-refractivity contribution in [3.05, 3.63) is 30.3 Å². The SMILES string of the molecule is CCCCNC(=NCC(=O)N(C)C)N1CCC(CSc2ccccc2)C1. The molecule has 1 aliphatic heterocycles. The minimum Gasteiger partial charge on any atom is -0.356 e. The Labute approximate surface area is 162 Å². The Morgan fingerprint density at radius 3 is 2.81 bits per heavy atom. The molecular weight excluding hydrogens is 344 g/mol. The number of guanidine groups is 1. The van der Waals surface area contributed by atoms with Crippen molar-refractivity contribution in [3.8, 4) is 0 Å². The van der Waals surface area contributed by atoms with Crippen LogP contribution >= 0.6 is 11.8 Å². The first-order valence-electron chi connectivity index (χ1n) is 9.51. The topological polar surface area (TPSA) is 47.9 Å². The maximum absolute atomic E-state index is 11.9. The van der Waals surface area contributed by atoms with Crippen LogP contribution in [0, 0.1) is 5.92 Å². The Kier molecular flexibility index (Phi) is 8.81. The Morgan fingerprint density at radius 1 is 1.35 bits per heavy atom. The maximum atomic E-state index is 11.9. The normalized spacial score (nSPS) is 17.4. The third kappa shape index (κ3) is 6.90. The quantitative estimate of drug-likeness (QED) is 0.328. The molecule has 1 atom stereocenters. The predicted molar refractivity (Wildman–Crippen MR) is 111 cm³/mol. The van der Waals surface area contributed by atoms with Gasteiger partial charge in [0.15, 0.2) is 5.96 Å². The number of rotatable bonds is 8. The van der Waals surface area contributed by atoms with Crippen molar-refractivity contribution in [2.75, 3.05) is 46.0 Å². The monoisotopic (exact) mass is 376 g/mol. The van der Waals surface area contributed by atoms with E-state index in [9.17, 15) is 4.79 Å². The lowest BCUT2D eigenvalue weighted by Crippen LogP contribution is -2.41. The van der Waals surface area contributed by atoms with Gasteiger partial charge in [-0.05, 0) is 30.9 Å². The van der Waals surface area contributed by atoms with E-state index in [0.717, 1.165) is 44.2 Å². The summed E-state index contributed by atoms with van der Waals surface area (Å²) >= 11 is 1.93. The number of carbonyl (C=O) groups is 1. The van der Waals surface area contributed by atoms with Gasteiger partial charge in [-0.3, -0.25) is 4.79 Å². The van der Waals surface area contributed by atoms with Gasteiger partial charge in [0.05, 0.1) is 0 Å². The Balaban J connectivity index is 1.88. The molecule has 0 aromatic heterocycles. The lowest BCUT2D eigenvalue weighted by Gasteiger charge is -2.22. The zero-order valence-corrected chi connectivity index (χ0v) is 17.1. The summed E-state index contributed by atoms with van der Waals surface area (Å²) in [5.74, 6) is 2.71. The second-order valence-corrected chi connectivity index (χ2v) is 8.03. The number of aliphatic imine (C=N–C) groups is 1. The summed E-state index contributed by atoms with van der Waals surface area (Å²) in [7, 11) is 3.55. The summed E-state index contributed by atoms with van der Waals surface area (Å²) in [6.45, 7) is 5.32. The number of benzene rings is 1. The van der Waals surface area contributed by atoms with Crippen molar-refractivity contribution in [2.45, 2.75) is 31.1 Å². The van der Waals surface area contributed by atoms with Crippen LogP contribution in [0.1, 0.15) is 26.2 Å². The Morgan fingerprint density at radius 2 is 2.12 bits per heavy atom. The smallest absolute Gasteiger partial charge is 0.243 e. The summed E-state index contributed by atoms with van der Waals surface area (Å²) in [5, 5.41) is 3.45. The highest BCUT2D eigenvalue weighted by molar-refractivity contribution is 7.99. The van der Waals surface area contributed by atoms with E-state index in [1.54, 1.807) is 19.0 Å². The fourth-order valence-electron chi connectivity index (χ4n) is 2.82. The molecule has 0 saturated carbocycles. The first-order chi connectivity index (χ1) is 12.6. The average molecular weight is 377 g/mol. The third-order valence-electron chi connectivity index (χ3n) is 4.49. The number of thioether (sulfide) groups is 1. The largest absolute Gasteiger partial charge is 0.356 e. The first-order valence-corrected chi connectivity index (χ1v) is 10.5. The molecule has 2 rings (SSSR count). The summed E-state index contributed by atoms with van der Waals surface area (Å²) in [6, 6.07) is 10.6. The van der Waals surface area contributed by atoms with E-state index in [4.69, 9.17) is 0 Å². The molecule has 1 fully saturated rings. The van der Waals surface area contributed by atoms with Crippen LogP contribution in [0.3, 0.4) is 0 Å². The number of nitrogens with zero attached hydrogens (tertiary/aromatic N) is 3. The van der Waals surface area contributed by atoms with E-state index in [-0.39, 0.29) is 12.5 Å². The molecular formula is C20H32N4OS. The average Bonchev–Trinajstić information content (AvgIpc) is 3.12. The molecule has 1 aliphatic rings. The predicted octanol–water partition coefficient (Wildman–Crippen LogP) is 2.93. The van der Waals surface area contributed by atoms with Crippen molar-refractivity contribution in [2.24, 2.45) is 10.9 Å². The van der Waals surface area contributed by atoms with Gasteiger partial charge in [-0.1, -0.05) is 31.5 Å². The van der Waals surface area contributed by atoms with Gasteiger partial charge < -0.3 is 15.1 Å². The van der Waals surface area contributed by atoms with Crippen LogP contribution < -0.4 is 5.32 Å². The summed E-state index contributed by atoms with van der Waals surface area (Å²) < 4.78 is 0. The van der Waals surface area contributed by atoms with Crippen molar-refractivity contribution >= 4 is 23.6 Å². The highest BCUT2D eigenvalue weighted by Gasteiger charge is 2.25. The molecule has 1 N–H and O–H groups in total. The van der Waals surface area contributed by atoms with Crippen molar-refractivity contribution in [1.82, 2.24) is 15.1 Å². The van der Waals surface area contributed by atoms with E-state index in [0.29, 0.717) is 5.92 Å². The van der Waals surface area contributed by atoms with Gasteiger partial charge in [0, 0.05) is 44.4 Å². The van der Waals surface area contributed by atoms with Crippen LogP contribution in [0.2, 0.25) is 0 Å². The van der Waals surface area contributed by atoms with Crippen molar-refractivity contribution in [3.63, 3.8) is 0 Å². The lowest BCUT2D eigenvalue weighted by atomic mass is 10.2. The standard InChI is InChI=1S/C20H32N4OS/c1-4-5-12-21-20(22-14-19(25)23(2)3)24-13-11-17(15-24)16-26-18-9-7-6-8-10-18/h6-10,17H,4-5,11-16H2,1-3H3,(H,21,22). The number of carbonyl (C=O) groups excluding carboxylic acids is 1. The van der Waals surface area contributed by atoms with Gasteiger partial charge in [0.25, 0.3) is 0 Å². The molecule has 26 heavy (non-hydrogen) atoms. The van der Waals surface area contributed by atoms with E-state index in [1.807, 2.05) is 11.8 Å². The minimum atomic E-state index is 0.0372. The maximum Gasteiger partial charge on any atom is 0.243 e. The number of amides is 1. The molecule has 144 valence electrons. The molecule has 1 saturated heterocycles. The number of nitrogens with one attached hydrogen (secondary N) is 1. The van der Waals surface area contributed by atoms with Crippen LogP contribution in [-0.4, -0.2) is 67.7 Å². The minimum absolute atomic E-state index is 0.0372. The van der Waals surface area contributed by atoms with E-state index in [1.165, 1.54) is 11.3 Å². The number of hydrogen-bond donors (Lipinski definition) is 1. The molecule has 5 nitrogen and oxygen atoms in total. The first kappa shape index (κ1) is 20.6. The second-order valence-electron chi connectivity index (χ2n) is 6.93. The second kappa shape index (κ2) is 11.1. The van der Waals surface area contributed by atoms with Crippen LogP contribution in [0.25, 0.3) is 0 Å². The zero-order valence-electron chi connectivity index (χ0n) is 16.3. The van der Waals surface area contributed by atoms with E-state index < -0.39 is 0 Å². The molecule has 0 bridgehead atoms. The number of likely N-dealkylation sites (N-methyl/N-ethyl adjacent to an activating group) is 1. The number of hydrogen-bond acceptors (Lipinski definition) is 3. The van der Waals surface area contributed by atoms with Gasteiger partial charge in [0.2, 0.25) is 5.91 Å². The molecule has 1 unspecified atom stereocenters. The van der Waals surface area contributed by atoms with Crippen LogP contribution in [0.5, 0.6) is 0 Å². The molecule has 1 amide bonds. The van der Waals surface area contributed by atoms with Crippen LogP contribution in [0.4, 0.5) is 0 Å². The summed E-state index contributed by atoms with van der Waals surface area (Å²) in [6.07, 6.45) is 3.44. The summed E-state index contributed by atoms with van der Waals surface area (Å²) in [4.78, 5) is 21.7. The molecule has 1 heterocycles. The van der Waals surface area contributed by atoms with Crippen molar-refractivity contribution in [1.29, 1.82) is 0 Å². The van der Waals surface area contributed by atoms with Crippen molar-refractivity contribution < 1.29 is 4.79 Å². The number of likely N-dealkylation sites (tertiary alicyclic amines) is 1. The third-order valence-corrected chi connectivity index (χ3v) is 5.73. The van der Waals surface area contributed by atoms with Gasteiger partial charge in [-0.2, -0.15) is 0 Å². The van der Waals surface area contributed by atoms with Gasteiger partial charge in [-0.25, -0.2) is 4.99 Å². The van der Waals surface area contributed by atoms with Crippen LogP contribution in [0.15, 0.2) is 40.2 Å². The Bertz CT molecular complexity index is 576. The number of unbranched alkanes of at least 4 members (excludes halogenated alkanes) is 1. The fourth-order valence-corrected chi connectivity index (χ4v) is 3.87.